The molecule has 4 saturated carbocycles. The molecule has 3 unspecified atom stereocenters. The molecule has 0 aromatic heterocycles. The van der Waals surface area contributed by atoms with Gasteiger partial charge in [-0.15, -0.1) is 0 Å². The molecule has 1 amide bonds. The van der Waals surface area contributed by atoms with Gasteiger partial charge < -0.3 is 15.7 Å². The van der Waals surface area contributed by atoms with Crippen molar-refractivity contribution in [3.8, 4) is 0 Å². The highest BCUT2D eigenvalue weighted by Crippen LogP contribution is 2.93. The summed E-state index contributed by atoms with van der Waals surface area (Å²) in [5, 5.41) is 9.57. The van der Waals surface area contributed by atoms with E-state index >= 15 is 0 Å². The van der Waals surface area contributed by atoms with E-state index in [-0.39, 0.29) is 17.4 Å². The van der Waals surface area contributed by atoms with Crippen LogP contribution in [0.4, 0.5) is 0 Å². The topological polar surface area (TPSA) is 66.6 Å². The van der Waals surface area contributed by atoms with E-state index < -0.39 is 5.54 Å². The molecule has 1 spiro atoms. The second-order valence-electron chi connectivity index (χ2n) is 11.2. The number of benzene rings is 1. The number of amides is 1. The zero-order valence-corrected chi connectivity index (χ0v) is 16.9. The lowest BCUT2D eigenvalue weighted by Gasteiger charge is -2.79. The molecule has 4 heteroatoms. The van der Waals surface area contributed by atoms with Crippen molar-refractivity contribution in [3.63, 3.8) is 0 Å². The van der Waals surface area contributed by atoms with Crippen LogP contribution in [0.2, 0.25) is 0 Å². The molecule has 1 aromatic rings. The van der Waals surface area contributed by atoms with Gasteiger partial charge in [0.15, 0.2) is 0 Å². The van der Waals surface area contributed by atoms with Crippen LogP contribution in [0, 0.1) is 22.2 Å². The van der Waals surface area contributed by atoms with E-state index in [0.717, 1.165) is 25.2 Å². The number of carbonyl (C=O) groups excluding carboxylic acids is 1. The lowest BCUT2D eigenvalue weighted by Crippen LogP contribution is -2.75. The molecule has 1 saturated heterocycles. The minimum Gasteiger partial charge on any atom is -0.394 e. The van der Waals surface area contributed by atoms with Gasteiger partial charge in [0.1, 0.15) is 0 Å². The summed E-state index contributed by atoms with van der Waals surface area (Å²) in [6.07, 6.45) is 7.22. The fraction of sp³-hybridized carbons (Fsp3) is 0.708. The van der Waals surface area contributed by atoms with Crippen molar-refractivity contribution in [1.82, 2.24) is 4.90 Å². The Kier molecular flexibility index (Phi) is 3.13. The van der Waals surface area contributed by atoms with E-state index in [2.05, 4.69) is 42.2 Å². The van der Waals surface area contributed by atoms with Crippen LogP contribution in [0.3, 0.4) is 0 Å². The van der Waals surface area contributed by atoms with Crippen molar-refractivity contribution in [2.75, 3.05) is 19.7 Å². The van der Waals surface area contributed by atoms with Gasteiger partial charge in [-0.1, -0.05) is 37.3 Å². The first-order valence-corrected chi connectivity index (χ1v) is 11.1. The van der Waals surface area contributed by atoms with Gasteiger partial charge in [-0.2, -0.15) is 0 Å². The number of carbonyl (C=O) groups is 1. The molecule has 5 aliphatic rings. The Hall–Kier alpha value is -1.39. The first kappa shape index (κ1) is 17.5. The van der Waals surface area contributed by atoms with Crippen LogP contribution in [-0.4, -0.2) is 41.1 Å². The summed E-state index contributed by atoms with van der Waals surface area (Å²) < 4.78 is 0. The third-order valence-electron chi connectivity index (χ3n) is 10.1. The number of fused-ring (bicyclic) bond motifs is 1. The number of aliphatic hydroxyl groups excluding tert-OH is 1. The fourth-order valence-corrected chi connectivity index (χ4v) is 9.07. The summed E-state index contributed by atoms with van der Waals surface area (Å²) in [6, 6.07) is 11.1. The van der Waals surface area contributed by atoms with Crippen LogP contribution in [-0.2, 0) is 10.2 Å². The second-order valence-corrected chi connectivity index (χ2v) is 11.2. The molecule has 1 aromatic carbocycles. The van der Waals surface area contributed by atoms with Crippen molar-refractivity contribution < 1.29 is 9.90 Å². The summed E-state index contributed by atoms with van der Waals surface area (Å²) in [6.45, 7) is 3.90. The molecular weight excluding hydrogens is 348 g/mol. The molecule has 3 N–H and O–H groups in total. The molecule has 28 heavy (non-hydrogen) atoms. The van der Waals surface area contributed by atoms with Crippen molar-refractivity contribution in [2.45, 2.75) is 62.8 Å². The standard InChI is InChI=1S/C24H32N2O2/c1-20-11-18-12-21(19(28)26-9-7-22(25,16-27)8-10-26)14-23(13-20,24(18,20)15-21)17-5-3-2-4-6-17/h2-6,18,27H,7-16,25H2,1H3/t18?,20-,21?,23+,24?/m1/s1. The Morgan fingerprint density at radius 3 is 2.50 bits per heavy atom. The average molecular weight is 381 g/mol. The van der Waals surface area contributed by atoms with Gasteiger partial charge in [0.2, 0.25) is 5.91 Å². The predicted molar refractivity (Wildman–Crippen MR) is 107 cm³/mol. The van der Waals surface area contributed by atoms with Crippen molar-refractivity contribution in [3.05, 3.63) is 35.9 Å². The molecule has 6 rings (SSSR count). The largest absolute Gasteiger partial charge is 0.394 e. The first-order valence-electron chi connectivity index (χ1n) is 11.1. The Balaban J connectivity index is 1.34. The highest BCUT2D eigenvalue weighted by molar-refractivity contribution is 5.85. The molecule has 1 aliphatic heterocycles. The van der Waals surface area contributed by atoms with E-state index in [9.17, 15) is 9.90 Å². The van der Waals surface area contributed by atoms with Gasteiger partial charge in [0, 0.05) is 24.0 Å². The number of hydrogen-bond donors (Lipinski definition) is 2. The Labute approximate surface area is 167 Å². The molecule has 2 bridgehead atoms. The van der Waals surface area contributed by atoms with Gasteiger partial charge in [0.25, 0.3) is 0 Å². The first-order chi connectivity index (χ1) is 13.3. The lowest BCUT2D eigenvalue weighted by atomic mass is 9.24. The molecule has 4 nitrogen and oxygen atoms in total. The van der Waals surface area contributed by atoms with Crippen LogP contribution >= 0.6 is 0 Å². The lowest BCUT2D eigenvalue weighted by molar-refractivity contribution is -0.270. The zero-order chi connectivity index (χ0) is 19.4. The Morgan fingerprint density at radius 1 is 1.14 bits per heavy atom. The number of nitrogens with two attached hydrogens (primary N) is 1. The van der Waals surface area contributed by atoms with Crippen LogP contribution < -0.4 is 5.73 Å². The van der Waals surface area contributed by atoms with Gasteiger partial charge in [-0.3, -0.25) is 4.79 Å². The molecule has 1 heterocycles. The number of hydrogen-bond acceptors (Lipinski definition) is 3. The number of aliphatic hydroxyl groups is 1. The second kappa shape index (κ2) is 5.02. The van der Waals surface area contributed by atoms with E-state index in [1.54, 1.807) is 0 Å². The summed E-state index contributed by atoms with van der Waals surface area (Å²) in [4.78, 5) is 15.9. The minimum atomic E-state index is -0.500. The van der Waals surface area contributed by atoms with Crippen LogP contribution in [0.5, 0.6) is 0 Å². The molecule has 0 radical (unpaired) electrons. The molecule has 5 atom stereocenters. The van der Waals surface area contributed by atoms with E-state index in [4.69, 9.17) is 5.73 Å². The molecule has 150 valence electrons. The minimum absolute atomic E-state index is 0.0147. The maximum atomic E-state index is 13.9. The Bertz CT molecular complexity index is 847. The quantitative estimate of drug-likeness (QED) is 0.847. The molecule has 5 fully saturated rings. The monoisotopic (exact) mass is 380 g/mol. The molecular formula is C24H32N2O2. The maximum Gasteiger partial charge on any atom is 0.228 e. The Morgan fingerprint density at radius 2 is 1.86 bits per heavy atom. The predicted octanol–water partition coefficient (Wildman–Crippen LogP) is 2.84. The summed E-state index contributed by atoms with van der Waals surface area (Å²) >= 11 is 0. The smallest absolute Gasteiger partial charge is 0.228 e. The van der Waals surface area contributed by atoms with Gasteiger partial charge in [-0.25, -0.2) is 0 Å². The van der Waals surface area contributed by atoms with Crippen LogP contribution in [0.1, 0.15) is 57.4 Å². The van der Waals surface area contributed by atoms with Crippen molar-refractivity contribution in [2.24, 2.45) is 27.9 Å². The molecule has 4 aliphatic carbocycles. The maximum absolute atomic E-state index is 13.9. The summed E-state index contributed by atoms with van der Waals surface area (Å²) in [7, 11) is 0. The average Bonchev–Trinajstić information content (AvgIpc) is 3.18. The van der Waals surface area contributed by atoms with Crippen molar-refractivity contribution in [1.29, 1.82) is 0 Å². The van der Waals surface area contributed by atoms with Crippen LogP contribution in [0.25, 0.3) is 0 Å². The highest BCUT2D eigenvalue weighted by atomic mass is 16.3. The number of likely N-dealkylation sites (tertiary alicyclic amines) is 1. The zero-order valence-electron chi connectivity index (χ0n) is 16.9. The van der Waals surface area contributed by atoms with Crippen molar-refractivity contribution >= 4 is 5.91 Å². The fourth-order valence-electron chi connectivity index (χ4n) is 9.07. The van der Waals surface area contributed by atoms with Gasteiger partial charge in [0.05, 0.1) is 12.0 Å². The summed E-state index contributed by atoms with van der Waals surface area (Å²) in [5.74, 6) is 1.11. The highest BCUT2D eigenvalue weighted by Gasteiger charge is 2.89. The summed E-state index contributed by atoms with van der Waals surface area (Å²) in [5.41, 5.74) is 8.09. The SMILES string of the molecule is C[C@]12CC3CC4(C(=O)N5CCC(N)(CO)CC5)CC31[C@](c1ccccc1)(C4)C2. The van der Waals surface area contributed by atoms with Gasteiger partial charge in [-0.05, 0) is 67.3 Å². The van der Waals surface area contributed by atoms with E-state index in [0.29, 0.717) is 42.7 Å². The third kappa shape index (κ3) is 1.71. The van der Waals surface area contributed by atoms with Gasteiger partial charge >= 0.3 is 0 Å². The van der Waals surface area contributed by atoms with E-state index in [1.807, 2.05) is 0 Å². The number of nitrogens with zero attached hydrogens (tertiary/aromatic N) is 1. The number of piperidine rings is 1. The van der Waals surface area contributed by atoms with E-state index in [1.165, 1.54) is 18.4 Å². The number of rotatable bonds is 3. The van der Waals surface area contributed by atoms with Crippen LogP contribution in [0.15, 0.2) is 30.3 Å². The third-order valence-corrected chi connectivity index (χ3v) is 10.1. The normalized spacial score (nSPS) is 47.2.